The fourth-order valence-corrected chi connectivity index (χ4v) is 7.68. The molecular weight excluding hydrogens is 721 g/mol. The third kappa shape index (κ3) is 15.1. The standard InChI is InChI=1S/C31H46N10O9S2/c1-16(42)37-21-15-51-52-31(2,3)24(25(32)46)41-28(49)19(12-17-8-5-4-6-9-17)40-27(48)20(13-23(44)45)38-22(43)14-36-26(47)18(39-29(21)50)10-7-11-35-30(33)34/h4-6,8-9,18-21,24H,7,10-15H2,1-3H3,(H2,32,46)(H,36,47)(H,37,42)(H,38,43)(H,39,50)(H,40,48)(H,41,49)(H,44,45)(H4,33,34,35)/t18?,19?,20-,21?,24+/m0/s1. The molecule has 1 aromatic carbocycles. The highest BCUT2D eigenvalue weighted by molar-refractivity contribution is 8.77. The number of hydrogen-bond acceptors (Lipinski definition) is 11. The lowest BCUT2D eigenvalue weighted by atomic mass is 10.00. The number of amides is 7. The Balaban J connectivity index is 2.54. The number of carbonyl (C=O) groups excluding carboxylic acids is 7. The number of aliphatic imine (C=N–C) groups is 1. The van der Waals surface area contributed by atoms with Crippen molar-refractivity contribution in [2.45, 2.75) is 81.4 Å². The van der Waals surface area contributed by atoms with Crippen molar-refractivity contribution in [2.75, 3.05) is 18.8 Å². The van der Waals surface area contributed by atoms with E-state index in [1.807, 2.05) is 0 Å². The molecule has 21 heteroatoms. The van der Waals surface area contributed by atoms with Crippen LogP contribution in [0.5, 0.6) is 0 Å². The van der Waals surface area contributed by atoms with E-state index in [4.69, 9.17) is 17.2 Å². The Kier molecular flexibility index (Phi) is 17.2. The Morgan fingerprint density at radius 3 is 2.13 bits per heavy atom. The van der Waals surface area contributed by atoms with Gasteiger partial charge in [-0.15, -0.1) is 0 Å². The molecule has 52 heavy (non-hydrogen) atoms. The Morgan fingerprint density at radius 2 is 1.54 bits per heavy atom. The maximum Gasteiger partial charge on any atom is 0.305 e. The van der Waals surface area contributed by atoms with Crippen LogP contribution in [0.3, 0.4) is 0 Å². The van der Waals surface area contributed by atoms with E-state index in [1.165, 1.54) is 6.92 Å². The van der Waals surface area contributed by atoms with Crippen LogP contribution in [0.25, 0.3) is 0 Å². The van der Waals surface area contributed by atoms with E-state index in [9.17, 15) is 43.5 Å². The molecule has 5 atom stereocenters. The van der Waals surface area contributed by atoms with E-state index in [0.29, 0.717) is 5.56 Å². The molecule has 19 nitrogen and oxygen atoms in total. The van der Waals surface area contributed by atoms with Crippen LogP contribution < -0.4 is 49.1 Å². The van der Waals surface area contributed by atoms with Gasteiger partial charge >= 0.3 is 5.97 Å². The summed E-state index contributed by atoms with van der Waals surface area (Å²) in [5.41, 5.74) is 17.1. The lowest BCUT2D eigenvalue weighted by molar-refractivity contribution is -0.141. The van der Waals surface area contributed by atoms with Crippen LogP contribution in [0.4, 0.5) is 0 Å². The Hall–Kier alpha value is -5.05. The molecule has 1 aliphatic heterocycles. The fraction of sp³-hybridized carbons (Fsp3) is 0.516. The number of rotatable bonds is 10. The summed E-state index contributed by atoms with van der Waals surface area (Å²) in [7, 11) is 2.17. The van der Waals surface area contributed by atoms with Crippen LogP contribution in [0.2, 0.25) is 0 Å². The number of aliphatic carboxylic acids is 1. The van der Waals surface area contributed by atoms with Crippen molar-refractivity contribution >= 4 is 74.9 Å². The molecule has 1 heterocycles. The van der Waals surface area contributed by atoms with Crippen molar-refractivity contribution in [2.24, 2.45) is 22.2 Å². The minimum absolute atomic E-state index is 0.00449. The predicted molar refractivity (Wildman–Crippen MR) is 194 cm³/mol. The summed E-state index contributed by atoms with van der Waals surface area (Å²) in [5, 5.41) is 24.3. The van der Waals surface area contributed by atoms with E-state index < -0.39 is 95.2 Å². The van der Waals surface area contributed by atoms with Gasteiger partial charge in [-0.2, -0.15) is 0 Å². The number of guanidine groups is 1. The Bertz CT molecular complexity index is 1510. The smallest absolute Gasteiger partial charge is 0.305 e. The second-order valence-electron chi connectivity index (χ2n) is 12.3. The highest BCUT2D eigenvalue weighted by Crippen LogP contribution is 2.38. The van der Waals surface area contributed by atoms with Gasteiger partial charge in [0.1, 0.15) is 30.2 Å². The monoisotopic (exact) mass is 766 g/mol. The second-order valence-corrected chi connectivity index (χ2v) is 15.3. The number of benzene rings is 1. The lowest BCUT2D eigenvalue weighted by Crippen LogP contribution is -2.61. The minimum atomic E-state index is -1.69. The van der Waals surface area contributed by atoms with E-state index in [-0.39, 0.29) is 37.5 Å². The lowest BCUT2D eigenvalue weighted by Gasteiger charge is -2.33. The van der Waals surface area contributed by atoms with Crippen molar-refractivity contribution in [1.82, 2.24) is 31.9 Å². The van der Waals surface area contributed by atoms with Crippen LogP contribution >= 0.6 is 21.6 Å². The zero-order chi connectivity index (χ0) is 39.0. The molecule has 1 saturated heterocycles. The van der Waals surface area contributed by atoms with E-state index in [0.717, 1.165) is 21.6 Å². The molecule has 0 saturated carbocycles. The van der Waals surface area contributed by atoms with Gasteiger partial charge in [-0.05, 0) is 32.3 Å². The van der Waals surface area contributed by atoms with Gasteiger partial charge in [-0.3, -0.25) is 43.3 Å². The van der Waals surface area contributed by atoms with Gasteiger partial charge in [-0.25, -0.2) is 0 Å². The molecule has 0 bridgehead atoms. The Labute approximate surface area is 307 Å². The predicted octanol–water partition coefficient (Wildman–Crippen LogP) is -3.02. The van der Waals surface area contributed by atoms with Gasteiger partial charge in [0.2, 0.25) is 41.4 Å². The highest BCUT2D eigenvalue weighted by atomic mass is 33.1. The maximum atomic E-state index is 13.7. The third-order valence-electron chi connectivity index (χ3n) is 7.42. The molecule has 0 aliphatic carbocycles. The topological polar surface area (TPSA) is 319 Å². The molecule has 1 aromatic rings. The number of nitrogens with zero attached hydrogens (tertiary/aromatic N) is 1. The van der Waals surface area contributed by atoms with Gasteiger partial charge in [0, 0.05) is 30.4 Å². The molecule has 2 rings (SSSR count). The summed E-state index contributed by atoms with van der Waals surface area (Å²) in [6, 6.07) is 1.72. The SMILES string of the molecule is CC(=O)NC1CSSC(C)(C)[C@@H](C(N)=O)NC(=O)C(Cc2ccccc2)NC(=O)[C@H](CC(=O)O)NC(=O)CNC(=O)C(CCCN=C(N)N)NC1=O. The summed E-state index contributed by atoms with van der Waals surface area (Å²) in [4.78, 5) is 107. The van der Waals surface area contributed by atoms with Crippen molar-refractivity contribution in [3.8, 4) is 0 Å². The first kappa shape index (κ1) is 43.1. The first-order valence-corrected chi connectivity index (χ1v) is 18.4. The number of hydrogen-bond donors (Lipinski definition) is 10. The molecule has 3 unspecified atom stereocenters. The summed E-state index contributed by atoms with van der Waals surface area (Å²) in [6.45, 7) is 3.80. The quantitative estimate of drug-likeness (QED) is 0.0491. The summed E-state index contributed by atoms with van der Waals surface area (Å²) in [5.74, 6) is -7.53. The number of carbonyl (C=O) groups is 8. The number of carboxylic acids is 1. The van der Waals surface area contributed by atoms with Crippen molar-refractivity contribution in [1.29, 1.82) is 0 Å². The van der Waals surface area contributed by atoms with Gasteiger partial charge in [0.05, 0.1) is 13.0 Å². The van der Waals surface area contributed by atoms with Crippen molar-refractivity contribution in [3.63, 3.8) is 0 Å². The van der Waals surface area contributed by atoms with Gasteiger partial charge < -0.3 is 54.2 Å². The van der Waals surface area contributed by atoms with Crippen LogP contribution in [0, 0.1) is 0 Å². The minimum Gasteiger partial charge on any atom is -0.481 e. The molecule has 7 amide bonds. The van der Waals surface area contributed by atoms with Crippen molar-refractivity contribution < 1.29 is 43.5 Å². The second kappa shape index (κ2) is 20.7. The highest BCUT2D eigenvalue weighted by Gasteiger charge is 2.39. The first-order valence-electron chi connectivity index (χ1n) is 16.1. The molecule has 1 aliphatic rings. The maximum absolute atomic E-state index is 13.7. The molecule has 13 N–H and O–H groups in total. The van der Waals surface area contributed by atoms with Gasteiger partial charge in [0.25, 0.3) is 0 Å². The van der Waals surface area contributed by atoms with Crippen LogP contribution in [0.1, 0.15) is 45.6 Å². The van der Waals surface area contributed by atoms with Gasteiger partial charge in [-0.1, -0.05) is 51.9 Å². The van der Waals surface area contributed by atoms with Crippen LogP contribution in [-0.2, 0) is 44.8 Å². The molecule has 286 valence electrons. The molecular formula is C31H46N10O9S2. The number of primary amides is 1. The summed E-state index contributed by atoms with van der Waals surface area (Å²) in [6.07, 6.45) is -0.750. The van der Waals surface area contributed by atoms with Crippen LogP contribution in [0.15, 0.2) is 35.3 Å². The largest absolute Gasteiger partial charge is 0.481 e. The van der Waals surface area contributed by atoms with Crippen molar-refractivity contribution in [3.05, 3.63) is 35.9 Å². The van der Waals surface area contributed by atoms with E-state index in [2.05, 4.69) is 36.9 Å². The number of carboxylic acid groups (broad SMARTS) is 1. The molecule has 0 spiro atoms. The fourth-order valence-electron chi connectivity index (χ4n) is 4.86. The zero-order valence-electron chi connectivity index (χ0n) is 28.9. The van der Waals surface area contributed by atoms with Gasteiger partial charge in [0.15, 0.2) is 5.96 Å². The molecule has 0 aromatic heterocycles. The summed E-state index contributed by atoms with van der Waals surface area (Å²) >= 11 is 0. The number of nitrogens with two attached hydrogens (primary N) is 3. The Morgan fingerprint density at radius 1 is 0.904 bits per heavy atom. The average Bonchev–Trinajstić information content (AvgIpc) is 3.05. The molecule has 0 radical (unpaired) electrons. The normalized spacial score (nSPS) is 23.7. The summed E-state index contributed by atoms with van der Waals surface area (Å²) < 4.78 is -1.14. The average molecular weight is 767 g/mol. The zero-order valence-corrected chi connectivity index (χ0v) is 30.6. The third-order valence-corrected chi connectivity index (χ3v) is 10.7. The molecule has 1 fully saturated rings. The first-order chi connectivity index (χ1) is 24.4. The number of nitrogens with one attached hydrogen (secondary N) is 6. The van der Waals surface area contributed by atoms with Crippen LogP contribution in [-0.4, -0.2) is 112 Å². The van der Waals surface area contributed by atoms with E-state index >= 15 is 0 Å². The van der Waals surface area contributed by atoms with E-state index in [1.54, 1.807) is 44.2 Å².